The summed E-state index contributed by atoms with van der Waals surface area (Å²) in [6, 6.07) is 11.5. The number of carbonyl (C=O) groups is 1. The van der Waals surface area contributed by atoms with Crippen molar-refractivity contribution >= 4 is 15.9 Å². The summed E-state index contributed by atoms with van der Waals surface area (Å²) in [5.41, 5.74) is 1.09. The minimum Gasteiger partial charge on any atom is -0.497 e. The Hall–Kier alpha value is -2.58. The molecule has 0 spiro atoms. The van der Waals surface area contributed by atoms with Crippen LogP contribution in [0.15, 0.2) is 47.4 Å². The van der Waals surface area contributed by atoms with Gasteiger partial charge in [-0.1, -0.05) is 18.6 Å². The fourth-order valence-corrected chi connectivity index (χ4v) is 5.07. The molecule has 2 aromatic rings. The topological polar surface area (TPSA) is 84.9 Å². The lowest BCUT2D eigenvalue weighted by atomic mass is 10.1. The Kier molecular flexibility index (Phi) is 6.99. The smallest absolute Gasteiger partial charge is 0.255 e. The van der Waals surface area contributed by atoms with Crippen molar-refractivity contribution in [1.29, 1.82) is 0 Å². The lowest BCUT2D eigenvalue weighted by Crippen LogP contribution is -2.35. The van der Waals surface area contributed by atoms with E-state index in [0.29, 0.717) is 18.8 Å². The van der Waals surface area contributed by atoms with Crippen LogP contribution in [0.3, 0.4) is 0 Å². The van der Waals surface area contributed by atoms with Crippen molar-refractivity contribution in [2.45, 2.75) is 37.1 Å². The Morgan fingerprint density at radius 1 is 1.00 bits per heavy atom. The molecule has 1 aliphatic rings. The van der Waals surface area contributed by atoms with Crippen LogP contribution in [0.5, 0.6) is 11.5 Å². The van der Waals surface area contributed by atoms with E-state index in [1.165, 1.54) is 29.6 Å². The van der Waals surface area contributed by atoms with Gasteiger partial charge in [0.2, 0.25) is 10.0 Å². The number of carbonyl (C=O) groups excluding carboxylic acids is 1. The van der Waals surface area contributed by atoms with E-state index in [4.69, 9.17) is 9.47 Å². The van der Waals surface area contributed by atoms with Gasteiger partial charge in [-0.2, -0.15) is 4.31 Å². The van der Waals surface area contributed by atoms with Gasteiger partial charge in [0.25, 0.3) is 5.91 Å². The fourth-order valence-electron chi connectivity index (χ4n) is 3.53. The third kappa shape index (κ3) is 4.76. The molecule has 162 valence electrons. The van der Waals surface area contributed by atoms with Crippen LogP contribution in [0.25, 0.3) is 0 Å². The second-order valence-corrected chi connectivity index (χ2v) is 9.23. The first-order chi connectivity index (χ1) is 14.4. The quantitative estimate of drug-likeness (QED) is 0.725. The van der Waals surface area contributed by atoms with Gasteiger partial charge in [0.15, 0.2) is 0 Å². The second kappa shape index (κ2) is 9.49. The van der Waals surface area contributed by atoms with E-state index in [-0.39, 0.29) is 16.5 Å². The van der Waals surface area contributed by atoms with E-state index in [9.17, 15) is 13.2 Å². The molecule has 1 saturated heterocycles. The molecule has 1 aliphatic heterocycles. The standard InChI is InChI=1S/C22H28N2O5S/c1-16(17-7-9-18(28-2)10-8-17)23-22(25)20-15-19(11-12-21(20)29-3)30(26,27)24-13-5-4-6-14-24/h7-12,15-16H,4-6,13-14H2,1-3H3,(H,23,25)/t16-/m1/s1. The average molecular weight is 433 g/mol. The molecule has 3 rings (SSSR count). The predicted octanol–water partition coefficient (Wildman–Crippen LogP) is 3.37. The monoisotopic (exact) mass is 432 g/mol. The lowest BCUT2D eigenvalue weighted by molar-refractivity contribution is 0.0936. The highest BCUT2D eigenvalue weighted by Crippen LogP contribution is 2.27. The van der Waals surface area contributed by atoms with Crippen molar-refractivity contribution in [2.75, 3.05) is 27.3 Å². The molecule has 30 heavy (non-hydrogen) atoms. The van der Waals surface area contributed by atoms with Gasteiger partial charge in [-0.3, -0.25) is 4.79 Å². The number of methoxy groups -OCH3 is 2. The van der Waals surface area contributed by atoms with E-state index in [1.54, 1.807) is 7.11 Å². The maximum Gasteiger partial charge on any atom is 0.255 e. The van der Waals surface area contributed by atoms with Crippen molar-refractivity contribution in [3.63, 3.8) is 0 Å². The van der Waals surface area contributed by atoms with Crippen LogP contribution in [0, 0.1) is 0 Å². The molecule has 7 nitrogen and oxygen atoms in total. The Morgan fingerprint density at radius 3 is 2.27 bits per heavy atom. The Morgan fingerprint density at radius 2 is 1.67 bits per heavy atom. The molecular weight excluding hydrogens is 404 g/mol. The van der Waals surface area contributed by atoms with Crippen molar-refractivity contribution in [1.82, 2.24) is 9.62 Å². The molecule has 0 saturated carbocycles. The lowest BCUT2D eigenvalue weighted by Gasteiger charge is -2.26. The first-order valence-electron chi connectivity index (χ1n) is 10.00. The molecule has 1 amide bonds. The minimum absolute atomic E-state index is 0.104. The summed E-state index contributed by atoms with van der Waals surface area (Å²) in [4.78, 5) is 13.1. The van der Waals surface area contributed by atoms with E-state index in [2.05, 4.69) is 5.32 Å². The largest absolute Gasteiger partial charge is 0.497 e. The Balaban J connectivity index is 1.84. The second-order valence-electron chi connectivity index (χ2n) is 7.30. The number of nitrogens with zero attached hydrogens (tertiary/aromatic N) is 1. The van der Waals surface area contributed by atoms with E-state index in [1.807, 2.05) is 31.2 Å². The van der Waals surface area contributed by atoms with Gasteiger partial charge in [-0.05, 0) is 55.7 Å². The molecular formula is C22H28N2O5S. The maximum atomic E-state index is 13.0. The minimum atomic E-state index is -3.65. The molecule has 1 N–H and O–H groups in total. The summed E-state index contributed by atoms with van der Waals surface area (Å²) >= 11 is 0. The Labute approximate surface area is 178 Å². The summed E-state index contributed by atoms with van der Waals surface area (Å²) in [6.45, 7) is 2.87. The molecule has 2 aromatic carbocycles. The van der Waals surface area contributed by atoms with Gasteiger partial charge < -0.3 is 14.8 Å². The zero-order valence-corrected chi connectivity index (χ0v) is 18.4. The molecule has 0 bridgehead atoms. The van der Waals surface area contributed by atoms with Crippen LogP contribution in [-0.2, 0) is 10.0 Å². The van der Waals surface area contributed by atoms with Crippen molar-refractivity contribution in [2.24, 2.45) is 0 Å². The first kappa shape index (κ1) is 22.1. The molecule has 1 heterocycles. The number of ether oxygens (including phenoxy) is 2. The highest BCUT2D eigenvalue weighted by atomic mass is 32.2. The van der Waals surface area contributed by atoms with Crippen LogP contribution in [0.4, 0.5) is 0 Å². The summed E-state index contributed by atoms with van der Waals surface area (Å²) in [6.07, 6.45) is 2.73. The average Bonchev–Trinajstić information content (AvgIpc) is 2.79. The molecule has 1 fully saturated rings. The van der Waals surface area contributed by atoms with Gasteiger partial charge in [0, 0.05) is 13.1 Å². The maximum absolute atomic E-state index is 13.0. The fraction of sp³-hybridized carbons (Fsp3) is 0.409. The van der Waals surface area contributed by atoms with Gasteiger partial charge in [-0.15, -0.1) is 0 Å². The van der Waals surface area contributed by atoms with Gasteiger partial charge >= 0.3 is 0 Å². The molecule has 0 unspecified atom stereocenters. The molecule has 0 radical (unpaired) electrons. The number of nitrogens with one attached hydrogen (secondary N) is 1. The van der Waals surface area contributed by atoms with Crippen LogP contribution in [0.2, 0.25) is 0 Å². The number of amides is 1. The third-order valence-electron chi connectivity index (χ3n) is 5.33. The third-order valence-corrected chi connectivity index (χ3v) is 7.23. The zero-order chi connectivity index (χ0) is 21.7. The van der Waals surface area contributed by atoms with Crippen molar-refractivity contribution in [3.8, 4) is 11.5 Å². The highest BCUT2D eigenvalue weighted by Gasteiger charge is 2.28. The molecule has 1 atom stereocenters. The number of hydrogen-bond acceptors (Lipinski definition) is 5. The normalized spacial score (nSPS) is 16.0. The van der Waals surface area contributed by atoms with Crippen molar-refractivity contribution < 1.29 is 22.7 Å². The van der Waals surface area contributed by atoms with Crippen LogP contribution in [0.1, 0.15) is 48.1 Å². The van der Waals surface area contributed by atoms with Crippen LogP contribution < -0.4 is 14.8 Å². The summed E-state index contributed by atoms with van der Waals surface area (Å²) < 4.78 is 38.0. The van der Waals surface area contributed by atoms with E-state index < -0.39 is 15.9 Å². The first-order valence-corrected chi connectivity index (χ1v) is 11.4. The summed E-state index contributed by atoms with van der Waals surface area (Å²) in [5.74, 6) is 0.660. The number of rotatable bonds is 7. The summed E-state index contributed by atoms with van der Waals surface area (Å²) in [7, 11) is -0.597. The zero-order valence-electron chi connectivity index (χ0n) is 17.6. The van der Waals surface area contributed by atoms with Crippen molar-refractivity contribution in [3.05, 3.63) is 53.6 Å². The van der Waals surface area contributed by atoms with E-state index in [0.717, 1.165) is 30.6 Å². The molecule has 0 aromatic heterocycles. The van der Waals surface area contributed by atoms with Crippen LogP contribution >= 0.6 is 0 Å². The Bertz CT molecular complexity index is 983. The summed E-state index contributed by atoms with van der Waals surface area (Å²) in [5, 5.41) is 2.91. The molecule has 0 aliphatic carbocycles. The number of sulfonamides is 1. The van der Waals surface area contributed by atoms with Gasteiger partial charge in [-0.25, -0.2) is 8.42 Å². The SMILES string of the molecule is COc1ccc([C@@H](C)NC(=O)c2cc(S(=O)(=O)N3CCCCC3)ccc2OC)cc1. The molecule has 8 heteroatoms. The predicted molar refractivity (Wildman–Crippen MR) is 114 cm³/mol. The van der Waals surface area contributed by atoms with E-state index >= 15 is 0 Å². The van der Waals surface area contributed by atoms with Crippen LogP contribution in [-0.4, -0.2) is 45.9 Å². The number of piperidine rings is 1. The number of hydrogen-bond donors (Lipinski definition) is 1. The van der Waals surface area contributed by atoms with Gasteiger partial charge in [0.1, 0.15) is 11.5 Å². The number of benzene rings is 2. The highest BCUT2D eigenvalue weighted by molar-refractivity contribution is 7.89. The van der Waals surface area contributed by atoms with Gasteiger partial charge in [0.05, 0.1) is 30.7 Å².